The Bertz CT molecular complexity index is 1850. The minimum Gasteiger partial charge on any atom is -0.326 e. The number of hydrogen-bond donors (Lipinski definition) is 2. The van der Waals surface area contributed by atoms with E-state index in [4.69, 9.17) is 0 Å². The third kappa shape index (κ3) is 5.74. The van der Waals surface area contributed by atoms with Gasteiger partial charge in [0.15, 0.2) is 5.16 Å². The Morgan fingerprint density at radius 2 is 1.90 bits per heavy atom. The predicted octanol–water partition coefficient (Wildman–Crippen LogP) is 5.50. The van der Waals surface area contributed by atoms with E-state index in [2.05, 4.69) is 27.2 Å². The van der Waals surface area contributed by atoms with Crippen LogP contribution in [0.2, 0.25) is 0 Å². The van der Waals surface area contributed by atoms with Crippen LogP contribution in [0.4, 0.5) is 10.1 Å². The van der Waals surface area contributed by atoms with Gasteiger partial charge < -0.3 is 14.9 Å². The van der Waals surface area contributed by atoms with Crippen molar-refractivity contribution in [3.8, 4) is 11.3 Å². The van der Waals surface area contributed by atoms with E-state index < -0.39 is 22.5 Å². The van der Waals surface area contributed by atoms with Crippen molar-refractivity contribution in [2.24, 2.45) is 7.05 Å². The maximum atomic E-state index is 13.5. The van der Waals surface area contributed by atoms with Gasteiger partial charge in [-0.05, 0) is 84.8 Å². The second-order valence-electron chi connectivity index (χ2n) is 10.0. The van der Waals surface area contributed by atoms with E-state index in [0.717, 1.165) is 23.1 Å². The number of rotatable bonds is 8. The van der Waals surface area contributed by atoms with Crippen LogP contribution in [0.1, 0.15) is 46.4 Å². The standard InChI is InChI=1S/C31H30FN5O3S/c1-5-19(24-7-6-8-25-27(24)33-17-37(3)30(25)39)15-21-16-23(14-9-18(21)2)34-29(38)28-26(35-31(36-28)41(4)40)20-10-12-22(32)13-11-20/h6-14,16-17,19H,5,15H2,1-4H3,(H,34,38)(H,35,36). The Kier molecular flexibility index (Phi) is 7.94. The SMILES string of the molecule is CCC(Cc1cc(NC(=O)c2[nH]c(S(C)=O)nc2-c2ccc(F)cc2)ccc1C)c1cccc2c(=O)n(C)cnc12. The number of carbonyl (C=O) groups excluding carboxylic acids is 1. The third-order valence-corrected chi connectivity index (χ3v) is 8.02. The van der Waals surface area contributed by atoms with E-state index in [1.165, 1.54) is 35.1 Å². The molecule has 2 aromatic heterocycles. The first-order valence-electron chi connectivity index (χ1n) is 13.2. The average molecular weight is 572 g/mol. The number of anilines is 1. The number of benzene rings is 3. The number of hydrogen-bond acceptors (Lipinski definition) is 5. The van der Waals surface area contributed by atoms with Gasteiger partial charge in [-0.3, -0.25) is 13.8 Å². The summed E-state index contributed by atoms with van der Waals surface area (Å²) in [6, 6.07) is 17.1. The Morgan fingerprint density at radius 3 is 2.61 bits per heavy atom. The van der Waals surface area contributed by atoms with E-state index in [0.29, 0.717) is 34.3 Å². The molecule has 2 atom stereocenters. The van der Waals surface area contributed by atoms with Crippen molar-refractivity contribution < 1.29 is 13.4 Å². The summed E-state index contributed by atoms with van der Waals surface area (Å²) in [5, 5.41) is 3.68. The molecular weight excluding hydrogens is 541 g/mol. The molecule has 41 heavy (non-hydrogen) atoms. The molecule has 0 bridgehead atoms. The monoisotopic (exact) mass is 571 g/mol. The van der Waals surface area contributed by atoms with Gasteiger partial charge in [0.1, 0.15) is 17.2 Å². The van der Waals surface area contributed by atoms with Gasteiger partial charge in [0.05, 0.1) is 28.0 Å². The number of halogens is 1. The molecule has 3 aromatic carbocycles. The van der Waals surface area contributed by atoms with Gasteiger partial charge >= 0.3 is 0 Å². The van der Waals surface area contributed by atoms with Gasteiger partial charge in [0, 0.05) is 24.6 Å². The van der Waals surface area contributed by atoms with Crippen molar-refractivity contribution in [3.05, 3.63) is 106 Å². The molecule has 210 valence electrons. The summed E-state index contributed by atoms with van der Waals surface area (Å²) < 4.78 is 27.1. The lowest BCUT2D eigenvalue weighted by Gasteiger charge is -2.19. The Morgan fingerprint density at radius 1 is 1.15 bits per heavy atom. The highest BCUT2D eigenvalue weighted by atomic mass is 32.2. The molecule has 5 aromatic rings. The summed E-state index contributed by atoms with van der Waals surface area (Å²) in [7, 11) is 0.238. The van der Waals surface area contributed by atoms with Crippen molar-refractivity contribution in [2.45, 2.75) is 37.8 Å². The smallest absolute Gasteiger partial charge is 0.274 e. The number of aromatic nitrogens is 4. The highest BCUT2D eigenvalue weighted by Gasteiger charge is 2.22. The maximum absolute atomic E-state index is 13.5. The van der Waals surface area contributed by atoms with Gasteiger partial charge in [-0.2, -0.15) is 0 Å². The van der Waals surface area contributed by atoms with E-state index in [-0.39, 0.29) is 22.3 Å². The van der Waals surface area contributed by atoms with Gasteiger partial charge in [0.25, 0.3) is 11.5 Å². The van der Waals surface area contributed by atoms with Gasteiger partial charge in [-0.15, -0.1) is 0 Å². The number of nitrogens with one attached hydrogen (secondary N) is 2. The molecule has 0 aliphatic heterocycles. The van der Waals surface area contributed by atoms with Gasteiger partial charge in [0.2, 0.25) is 0 Å². The van der Waals surface area contributed by atoms with Crippen LogP contribution in [0, 0.1) is 12.7 Å². The zero-order valence-corrected chi connectivity index (χ0v) is 24.0. The second kappa shape index (κ2) is 11.6. The second-order valence-corrected chi connectivity index (χ2v) is 11.3. The fraction of sp³-hybridized carbons (Fsp3) is 0.226. The summed E-state index contributed by atoms with van der Waals surface area (Å²) >= 11 is 0. The first kappa shape index (κ1) is 28.1. The van der Waals surface area contributed by atoms with Crippen molar-refractivity contribution in [2.75, 3.05) is 11.6 Å². The van der Waals surface area contributed by atoms with Crippen LogP contribution in [-0.2, 0) is 24.3 Å². The minimum absolute atomic E-state index is 0.0820. The highest BCUT2D eigenvalue weighted by molar-refractivity contribution is 7.84. The van der Waals surface area contributed by atoms with Crippen LogP contribution in [0.3, 0.4) is 0 Å². The topological polar surface area (TPSA) is 110 Å². The lowest BCUT2D eigenvalue weighted by molar-refractivity contribution is 0.102. The first-order valence-corrected chi connectivity index (χ1v) is 14.8. The lowest BCUT2D eigenvalue weighted by Crippen LogP contribution is -2.18. The molecule has 0 aliphatic rings. The van der Waals surface area contributed by atoms with Crippen LogP contribution >= 0.6 is 0 Å². The molecule has 2 unspecified atom stereocenters. The Balaban J connectivity index is 1.45. The largest absolute Gasteiger partial charge is 0.326 e. The molecule has 0 radical (unpaired) electrons. The number of aromatic amines is 1. The highest BCUT2D eigenvalue weighted by Crippen LogP contribution is 2.31. The number of H-pyrrole nitrogens is 1. The number of nitrogens with zero attached hydrogens (tertiary/aromatic N) is 3. The fourth-order valence-electron chi connectivity index (χ4n) is 4.97. The molecule has 0 spiro atoms. The molecular formula is C31H30FN5O3S. The lowest BCUT2D eigenvalue weighted by atomic mass is 9.87. The third-order valence-electron chi connectivity index (χ3n) is 7.28. The fourth-order valence-corrected chi connectivity index (χ4v) is 5.43. The molecule has 2 heterocycles. The molecule has 0 saturated carbocycles. The van der Waals surface area contributed by atoms with E-state index in [1.807, 2.05) is 37.3 Å². The van der Waals surface area contributed by atoms with Crippen LogP contribution in [0.5, 0.6) is 0 Å². The normalized spacial score (nSPS) is 12.8. The van der Waals surface area contributed by atoms with E-state index in [1.54, 1.807) is 19.4 Å². The van der Waals surface area contributed by atoms with E-state index in [9.17, 15) is 18.2 Å². The summed E-state index contributed by atoms with van der Waals surface area (Å²) in [6.07, 6.45) is 4.54. The van der Waals surface area contributed by atoms with Crippen LogP contribution in [-0.4, -0.2) is 35.9 Å². The number of carbonyl (C=O) groups is 1. The van der Waals surface area contributed by atoms with Crippen molar-refractivity contribution >= 4 is 33.3 Å². The molecule has 5 rings (SSSR count). The number of fused-ring (bicyclic) bond motifs is 1. The van der Waals surface area contributed by atoms with Crippen LogP contribution in [0.25, 0.3) is 22.2 Å². The zero-order valence-electron chi connectivity index (χ0n) is 23.2. The number of para-hydroxylation sites is 1. The molecule has 0 aliphatic carbocycles. The van der Waals surface area contributed by atoms with Crippen LogP contribution < -0.4 is 10.9 Å². The van der Waals surface area contributed by atoms with Crippen molar-refractivity contribution in [3.63, 3.8) is 0 Å². The molecule has 0 fully saturated rings. The number of imidazole rings is 1. The minimum atomic E-state index is -1.45. The predicted molar refractivity (Wildman–Crippen MR) is 159 cm³/mol. The van der Waals surface area contributed by atoms with E-state index >= 15 is 0 Å². The van der Waals surface area contributed by atoms with Crippen LogP contribution in [0.15, 0.2) is 76.9 Å². The molecule has 1 amide bonds. The summed E-state index contributed by atoms with van der Waals surface area (Å²) in [5.74, 6) is -0.763. The van der Waals surface area contributed by atoms with Crippen molar-refractivity contribution in [1.82, 2.24) is 19.5 Å². The summed E-state index contributed by atoms with van der Waals surface area (Å²) in [6.45, 7) is 4.13. The molecule has 10 heteroatoms. The quantitative estimate of drug-likeness (QED) is 0.256. The summed E-state index contributed by atoms with van der Waals surface area (Å²) in [5.41, 5.74) is 5.31. The molecule has 0 saturated heterocycles. The molecule has 2 N–H and O–H groups in total. The number of aryl methyl sites for hydroxylation is 2. The maximum Gasteiger partial charge on any atom is 0.274 e. The Hall–Kier alpha value is -4.44. The number of amides is 1. The van der Waals surface area contributed by atoms with Crippen molar-refractivity contribution in [1.29, 1.82) is 0 Å². The summed E-state index contributed by atoms with van der Waals surface area (Å²) in [4.78, 5) is 37.9. The average Bonchev–Trinajstić information content (AvgIpc) is 3.42. The van der Waals surface area contributed by atoms with Gasteiger partial charge in [-0.25, -0.2) is 14.4 Å². The Labute approximate surface area is 239 Å². The first-order chi connectivity index (χ1) is 19.7. The van der Waals surface area contributed by atoms with Gasteiger partial charge in [-0.1, -0.05) is 25.1 Å². The molecule has 8 nitrogen and oxygen atoms in total. The zero-order chi connectivity index (χ0) is 29.3.